The predicted molar refractivity (Wildman–Crippen MR) is 62.2 cm³/mol. The van der Waals surface area contributed by atoms with Crippen LogP contribution in [0.2, 0.25) is 5.02 Å². The molecule has 1 heterocycles. The van der Waals surface area contributed by atoms with Crippen molar-refractivity contribution in [1.29, 1.82) is 0 Å². The molecule has 0 unspecified atom stereocenters. The van der Waals surface area contributed by atoms with Gasteiger partial charge < -0.3 is 5.11 Å². The highest BCUT2D eigenvalue weighted by atomic mass is 35.5. The van der Waals surface area contributed by atoms with Crippen LogP contribution in [0.25, 0.3) is 5.69 Å². The molecule has 5 heteroatoms. The maximum absolute atomic E-state index is 11.8. The van der Waals surface area contributed by atoms with Crippen molar-refractivity contribution in [2.75, 3.05) is 6.61 Å². The second-order valence-electron chi connectivity index (χ2n) is 3.39. The maximum Gasteiger partial charge on any atom is 0.274 e. The van der Waals surface area contributed by atoms with E-state index in [-0.39, 0.29) is 12.2 Å². The zero-order valence-corrected chi connectivity index (χ0v) is 9.24. The number of benzene rings is 1. The van der Waals surface area contributed by atoms with Gasteiger partial charge in [0, 0.05) is 29.8 Å². The zero-order chi connectivity index (χ0) is 11.5. The van der Waals surface area contributed by atoms with Crippen LogP contribution in [0.5, 0.6) is 0 Å². The van der Waals surface area contributed by atoms with Crippen molar-refractivity contribution < 1.29 is 5.11 Å². The molecule has 0 bridgehead atoms. The van der Waals surface area contributed by atoms with E-state index in [4.69, 9.17) is 16.7 Å². The summed E-state index contributed by atoms with van der Waals surface area (Å²) in [5.41, 5.74) is 1.15. The minimum Gasteiger partial charge on any atom is -0.396 e. The van der Waals surface area contributed by atoms with Gasteiger partial charge in [-0.3, -0.25) is 9.89 Å². The highest BCUT2D eigenvalue weighted by molar-refractivity contribution is 6.30. The smallest absolute Gasteiger partial charge is 0.274 e. The number of nitrogens with one attached hydrogen (secondary N) is 1. The molecule has 0 aliphatic rings. The molecule has 1 aromatic heterocycles. The van der Waals surface area contributed by atoms with Crippen molar-refractivity contribution in [3.8, 4) is 5.69 Å². The van der Waals surface area contributed by atoms with Gasteiger partial charge in [-0.25, -0.2) is 4.68 Å². The van der Waals surface area contributed by atoms with Gasteiger partial charge in [-0.05, 0) is 24.3 Å². The Labute approximate surface area is 97.1 Å². The fourth-order valence-electron chi connectivity index (χ4n) is 1.49. The van der Waals surface area contributed by atoms with E-state index in [1.165, 1.54) is 4.68 Å². The van der Waals surface area contributed by atoms with Crippen LogP contribution >= 0.6 is 11.6 Å². The van der Waals surface area contributed by atoms with Crippen molar-refractivity contribution in [2.45, 2.75) is 6.42 Å². The second kappa shape index (κ2) is 4.55. The highest BCUT2D eigenvalue weighted by Crippen LogP contribution is 2.11. The minimum atomic E-state index is -0.142. The van der Waals surface area contributed by atoms with E-state index in [9.17, 15) is 4.79 Å². The molecule has 0 aliphatic heterocycles. The van der Waals surface area contributed by atoms with Crippen molar-refractivity contribution in [3.63, 3.8) is 0 Å². The van der Waals surface area contributed by atoms with E-state index in [1.54, 1.807) is 30.5 Å². The van der Waals surface area contributed by atoms with Crippen LogP contribution < -0.4 is 5.56 Å². The number of aliphatic hydroxyl groups excluding tert-OH is 1. The number of aliphatic hydroxyl groups is 1. The first kappa shape index (κ1) is 11.0. The third-order valence-corrected chi connectivity index (χ3v) is 2.56. The third-order valence-electron chi connectivity index (χ3n) is 2.31. The van der Waals surface area contributed by atoms with Gasteiger partial charge in [0.2, 0.25) is 0 Å². The summed E-state index contributed by atoms with van der Waals surface area (Å²) in [5.74, 6) is 0. The van der Waals surface area contributed by atoms with Gasteiger partial charge in [-0.15, -0.1) is 0 Å². The number of hydrogen-bond donors (Lipinski definition) is 2. The molecule has 1 aromatic carbocycles. The lowest BCUT2D eigenvalue weighted by Crippen LogP contribution is -2.17. The molecule has 0 saturated heterocycles. The molecule has 0 spiro atoms. The summed E-state index contributed by atoms with van der Waals surface area (Å²) in [7, 11) is 0. The third kappa shape index (κ3) is 2.03. The quantitative estimate of drug-likeness (QED) is 0.848. The number of nitrogens with zero attached hydrogens (tertiary/aromatic N) is 1. The molecule has 16 heavy (non-hydrogen) atoms. The molecular weight excluding hydrogens is 228 g/mol. The van der Waals surface area contributed by atoms with Crippen LogP contribution in [-0.2, 0) is 6.42 Å². The molecule has 0 radical (unpaired) electrons. The van der Waals surface area contributed by atoms with E-state index in [0.29, 0.717) is 17.0 Å². The lowest BCUT2D eigenvalue weighted by molar-refractivity contribution is 0.299. The first-order valence-corrected chi connectivity index (χ1v) is 5.26. The molecule has 2 aromatic rings. The van der Waals surface area contributed by atoms with E-state index in [1.807, 2.05) is 0 Å². The van der Waals surface area contributed by atoms with Crippen LogP contribution in [0.4, 0.5) is 0 Å². The Morgan fingerprint density at radius 1 is 1.31 bits per heavy atom. The van der Waals surface area contributed by atoms with Crippen LogP contribution in [0, 0.1) is 0 Å². The molecule has 0 atom stereocenters. The molecular formula is C11H11ClN2O2. The molecule has 0 aliphatic carbocycles. The lowest BCUT2D eigenvalue weighted by atomic mass is 10.2. The number of aromatic nitrogens is 2. The summed E-state index contributed by atoms with van der Waals surface area (Å²) in [5, 5.41) is 12.2. The van der Waals surface area contributed by atoms with E-state index < -0.39 is 0 Å². The number of rotatable bonds is 3. The predicted octanol–water partition coefficient (Wildman–Crippen LogP) is 1.35. The Hall–Kier alpha value is -1.52. The molecule has 84 valence electrons. The first-order valence-electron chi connectivity index (χ1n) is 4.88. The van der Waals surface area contributed by atoms with Crippen molar-refractivity contribution in [2.24, 2.45) is 0 Å². The second-order valence-corrected chi connectivity index (χ2v) is 3.83. The summed E-state index contributed by atoms with van der Waals surface area (Å²) in [6.07, 6.45) is 1.96. The van der Waals surface area contributed by atoms with Gasteiger partial charge in [-0.1, -0.05) is 11.6 Å². The number of aromatic amines is 1. The van der Waals surface area contributed by atoms with Gasteiger partial charge in [0.25, 0.3) is 5.56 Å². The molecule has 4 nitrogen and oxygen atoms in total. The summed E-state index contributed by atoms with van der Waals surface area (Å²) in [6.45, 7) is -0.0340. The van der Waals surface area contributed by atoms with Crippen LogP contribution in [-0.4, -0.2) is 21.5 Å². The number of hydrogen-bond acceptors (Lipinski definition) is 2. The number of H-pyrrole nitrogens is 1. The van der Waals surface area contributed by atoms with E-state index in [2.05, 4.69) is 5.10 Å². The Bertz CT molecular complexity index is 528. The molecule has 0 saturated carbocycles. The molecule has 2 N–H and O–H groups in total. The number of halogens is 1. The SMILES string of the molecule is O=c1c(CCO)c[nH]n1-c1ccc(Cl)cc1. The topological polar surface area (TPSA) is 58.0 Å². The summed E-state index contributed by atoms with van der Waals surface area (Å²) in [6, 6.07) is 6.94. The maximum atomic E-state index is 11.8. The first-order chi connectivity index (χ1) is 7.72. The standard InChI is InChI=1S/C11H11ClN2O2/c12-9-1-3-10(4-2-9)14-11(16)8(5-6-15)7-13-14/h1-4,7,13,15H,5-6H2. The summed E-state index contributed by atoms with van der Waals surface area (Å²) < 4.78 is 1.42. The fourth-order valence-corrected chi connectivity index (χ4v) is 1.61. The molecule has 2 rings (SSSR count). The average Bonchev–Trinajstić information content (AvgIpc) is 2.63. The fraction of sp³-hybridized carbons (Fsp3) is 0.182. The highest BCUT2D eigenvalue weighted by Gasteiger charge is 2.06. The van der Waals surface area contributed by atoms with E-state index >= 15 is 0 Å². The monoisotopic (exact) mass is 238 g/mol. The van der Waals surface area contributed by atoms with E-state index in [0.717, 1.165) is 5.69 Å². The van der Waals surface area contributed by atoms with Crippen LogP contribution in [0.3, 0.4) is 0 Å². The van der Waals surface area contributed by atoms with Crippen LogP contribution in [0.15, 0.2) is 35.3 Å². The Balaban J connectivity index is 2.41. The largest absolute Gasteiger partial charge is 0.396 e. The van der Waals surface area contributed by atoms with Crippen LogP contribution in [0.1, 0.15) is 5.56 Å². The Kier molecular flexibility index (Phi) is 3.12. The van der Waals surface area contributed by atoms with Gasteiger partial charge in [0.05, 0.1) is 5.69 Å². The van der Waals surface area contributed by atoms with Crippen molar-refractivity contribution in [3.05, 3.63) is 51.4 Å². The Morgan fingerprint density at radius 2 is 2.00 bits per heavy atom. The summed E-state index contributed by atoms with van der Waals surface area (Å²) in [4.78, 5) is 11.8. The molecule has 0 fully saturated rings. The van der Waals surface area contributed by atoms with Gasteiger partial charge in [-0.2, -0.15) is 0 Å². The van der Waals surface area contributed by atoms with Crippen molar-refractivity contribution in [1.82, 2.24) is 9.78 Å². The minimum absolute atomic E-state index is 0.0340. The lowest BCUT2D eigenvalue weighted by Gasteiger charge is -2.00. The molecule has 0 amide bonds. The van der Waals surface area contributed by atoms with Gasteiger partial charge in [0.1, 0.15) is 0 Å². The van der Waals surface area contributed by atoms with Crippen molar-refractivity contribution >= 4 is 11.6 Å². The normalized spacial score (nSPS) is 10.6. The zero-order valence-electron chi connectivity index (χ0n) is 8.48. The average molecular weight is 239 g/mol. The van der Waals surface area contributed by atoms with Gasteiger partial charge >= 0.3 is 0 Å². The summed E-state index contributed by atoms with van der Waals surface area (Å²) >= 11 is 5.76. The Morgan fingerprint density at radius 3 is 2.62 bits per heavy atom. The van der Waals surface area contributed by atoms with Gasteiger partial charge in [0.15, 0.2) is 0 Å².